The van der Waals surface area contributed by atoms with E-state index in [-0.39, 0.29) is 5.56 Å². The first-order valence-corrected chi connectivity index (χ1v) is 9.48. The molecular weight excluding hydrogens is 362 g/mol. The number of nitrogens with one attached hydrogen (secondary N) is 1. The molecule has 0 unspecified atom stereocenters. The van der Waals surface area contributed by atoms with Crippen molar-refractivity contribution in [3.8, 4) is 5.82 Å². The second-order valence-corrected chi connectivity index (χ2v) is 6.84. The van der Waals surface area contributed by atoms with Crippen LogP contribution in [0, 0.1) is 13.8 Å². The van der Waals surface area contributed by atoms with Crippen LogP contribution in [0.25, 0.3) is 11.5 Å². The first-order chi connectivity index (χ1) is 13.1. The molecule has 0 amide bonds. The Hall–Kier alpha value is -3.20. The largest absolute Gasteiger partial charge is 0.293 e. The van der Waals surface area contributed by atoms with Gasteiger partial charge in [0.15, 0.2) is 17.3 Å². The van der Waals surface area contributed by atoms with E-state index in [1.807, 2.05) is 37.4 Å². The number of nitrogens with zero attached hydrogens (tertiary/aromatic N) is 6. The van der Waals surface area contributed by atoms with Crippen LogP contribution in [0.15, 0.2) is 51.1 Å². The molecule has 27 heavy (non-hydrogen) atoms. The number of hydrogen-bond donors (Lipinski definition) is 1. The highest BCUT2D eigenvalue weighted by atomic mass is 32.2. The SMILES string of the molecule is CSc1cccc(N=Cc2c(C)[nH]n(-c3ccc4nnc(C)n4n3)c2=O)c1. The minimum absolute atomic E-state index is 0.213. The number of aromatic nitrogens is 6. The molecule has 0 spiro atoms. The number of thioether (sulfide) groups is 1. The molecule has 0 saturated carbocycles. The molecule has 0 aliphatic rings. The summed E-state index contributed by atoms with van der Waals surface area (Å²) in [6.07, 6.45) is 3.60. The van der Waals surface area contributed by atoms with E-state index in [9.17, 15) is 4.79 Å². The first kappa shape index (κ1) is 17.2. The van der Waals surface area contributed by atoms with E-state index >= 15 is 0 Å². The number of aryl methyl sites for hydroxylation is 2. The fraction of sp³-hybridized carbons (Fsp3) is 0.167. The molecule has 0 radical (unpaired) electrons. The minimum atomic E-state index is -0.213. The Morgan fingerprint density at radius 2 is 2.04 bits per heavy atom. The van der Waals surface area contributed by atoms with Gasteiger partial charge in [-0.25, -0.2) is 0 Å². The third-order valence-corrected chi connectivity index (χ3v) is 4.87. The quantitative estimate of drug-likeness (QED) is 0.435. The van der Waals surface area contributed by atoms with Crippen LogP contribution in [-0.2, 0) is 0 Å². The van der Waals surface area contributed by atoms with Gasteiger partial charge < -0.3 is 0 Å². The number of fused-ring (bicyclic) bond motifs is 1. The van der Waals surface area contributed by atoms with E-state index in [1.54, 1.807) is 41.5 Å². The van der Waals surface area contributed by atoms with Gasteiger partial charge in [0, 0.05) is 16.8 Å². The summed E-state index contributed by atoms with van der Waals surface area (Å²) in [4.78, 5) is 18.4. The highest BCUT2D eigenvalue weighted by Gasteiger charge is 2.13. The molecule has 0 saturated heterocycles. The highest BCUT2D eigenvalue weighted by Crippen LogP contribution is 2.21. The lowest BCUT2D eigenvalue weighted by Gasteiger charge is -2.01. The van der Waals surface area contributed by atoms with Crippen LogP contribution in [0.2, 0.25) is 0 Å². The summed E-state index contributed by atoms with van der Waals surface area (Å²) in [5.74, 6) is 1.11. The van der Waals surface area contributed by atoms with E-state index in [4.69, 9.17) is 0 Å². The van der Waals surface area contributed by atoms with Gasteiger partial charge in [-0.15, -0.1) is 27.1 Å². The lowest BCUT2D eigenvalue weighted by atomic mass is 10.3. The second-order valence-electron chi connectivity index (χ2n) is 5.96. The molecule has 0 fully saturated rings. The molecular formula is C18H17N7OS. The van der Waals surface area contributed by atoms with Gasteiger partial charge in [0.25, 0.3) is 5.56 Å². The standard InChI is InChI=1S/C18H17N7OS/c1-11-15(10-19-13-5-4-6-14(9-13)27-3)18(26)25(22-11)17-8-7-16-21-20-12(2)24(16)23-17/h4-10,22H,1-3H3. The molecule has 136 valence electrons. The fourth-order valence-corrected chi connectivity index (χ4v) is 3.16. The van der Waals surface area contributed by atoms with Gasteiger partial charge in [-0.3, -0.25) is 14.9 Å². The van der Waals surface area contributed by atoms with Crippen molar-refractivity contribution < 1.29 is 0 Å². The first-order valence-electron chi connectivity index (χ1n) is 8.26. The molecule has 0 aliphatic carbocycles. The second kappa shape index (κ2) is 6.84. The van der Waals surface area contributed by atoms with Gasteiger partial charge in [-0.1, -0.05) is 6.07 Å². The van der Waals surface area contributed by atoms with Gasteiger partial charge in [-0.05, 0) is 50.4 Å². The molecule has 0 aliphatic heterocycles. The summed E-state index contributed by atoms with van der Waals surface area (Å²) in [6, 6.07) is 11.3. The normalized spacial score (nSPS) is 11.7. The van der Waals surface area contributed by atoms with Crippen LogP contribution in [0.4, 0.5) is 5.69 Å². The molecule has 8 nitrogen and oxygen atoms in total. The Kier molecular flexibility index (Phi) is 4.36. The summed E-state index contributed by atoms with van der Waals surface area (Å²) < 4.78 is 2.99. The molecule has 4 rings (SSSR count). The maximum absolute atomic E-state index is 12.8. The maximum Gasteiger partial charge on any atom is 0.281 e. The summed E-state index contributed by atoms with van der Waals surface area (Å²) in [6.45, 7) is 3.64. The van der Waals surface area contributed by atoms with E-state index in [1.165, 1.54) is 4.68 Å². The van der Waals surface area contributed by atoms with Gasteiger partial charge >= 0.3 is 0 Å². The Balaban J connectivity index is 1.73. The zero-order valence-corrected chi connectivity index (χ0v) is 15.9. The summed E-state index contributed by atoms with van der Waals surface area (Å²) in [5.41, 5.74) is 2.42. The van der Waals surface area contributed by atoms with E-state index in [0.29, 0.717) is 28.5 Å². The van der Waals surface area contributed by atoms with Gasteiger partial charge in [-0.2, -0.15) is 9.20 Å². The van der Waals surface area contributed by atoms with Gasteiger partial charge in [0.1, 0.15) is 0 Å². The number of hydrogen-bond acceptors (Lipinski definition) is 6. The van der Waals surface area contributed by atoms with Crippen LogP contribution in [-0.4, -0.2) is 42.1 Å². The Morgan fingerprint density at radius 1 is 1.19 bits per heavy atom. The molecule has 4 aromatic rings. The number of aliphatic imine (C=N–C) groups is 1. The number of benzene rings is 1. The van der Waals surface area contributed by atoms with Crippen molar-refractivity contribution in [2.45, 2.75) is 18.7 Å². The molecule has 1 aromatic carbocycles. The predicted octanol–water partition coefficient (Wildman–Crippen LogP) is 2.69. The Bertz CT molecular complexity index is 1220. The monoisotopic (exact) mass is 379 g/mol. The van der Waals surface area contributed by atoms with Crippen molar-refractivity contribution >= 4 is 29.3 Å². The molecule has 0 atom stereocenters. The zero-order chi connectivity index (χ0) is 19.0. The van der Waals surface area contributed by atoms with Gasteiger partial charge in [0.05, 0.1) is 11.3 Å². The molecule has 3 heterocycles. The average Bonchev–Trinajstić information content (AvgIpc) is 3.19. The van der Waals surface area contributed by atoms with E-state index < -0.39 is 0 Å². The maximum atomic E-state index is 12.8. The Labute approximate surface area is 159 Å². The van der Waals surface area contributed by atoms with Crippen LogP contribution < -0.4 is 5.56 Å². The predicted molar refractivity (Wildman–Crippen MR) is 106 cm³/mol. The summed E-state index contributed by atoms with van der Waals surface area (Å²) in [7, 11) is 0. The van der Waals surface area contributed by atoms with Crippen LogP contribution in [0.1, 0.15) is 17.1 Å². The van der Waals surface area contributed by atoms with Crippen molar-refractivity contribution in [3.63, 3.8) is 0 Å². The van der Waals surface area contributed by atoms with Crippen LogP contribution in [0.3, 0.4) is 0 Å². The zero-order valence-electron chi connectivity index (χ0n) is 15.0. The summed E-state index contributed by atoms with van der Waals surface area (Å²) >= 11 is 1.65. The third-order valence-electron chi connectivity index (χ3n) is 4.15. The van der Waals surface area contributed by atoms with Crippen molar-refractivity contribution in [2.24, 2.45) is 4.99 Å². The smallest absolute Gasteiger partial charge is 0.281 e. The van der Waals surface area contributed by atoms with Crippen molar-refractivity contribution in [1.29, 1.82) is 0 Å². The van der Waals surface area contributed by atoms with Crippen LogP contribution >= 0.6 is 11.8 Å². The van der Waals surface area contributed by atoms with E-state index in [2.05, 4.69) is 25.4 Å². The van der Waals surface area contributed by atoms with Crippen LogP contribution in [0.5, 0.6) is 0 Å². The lowest BCUT2D eigenvalue weighted by molar-refractivity contribution is 0.755. The van der Waals surface area contributed by atoms with Crippen molar-refractivity contribution in [2.75, 3.05) is 6.26 Å². The van der Waals surface area contributed by atoms with Crippen molar-refractivity contribution in [1.82, 2.24) is 29.6 Å². The van der Waals surface area contributed by atoms with Gasteiger partial charge in [0.2, 0.25) is 0 Å². The molecule has 0 bridgehead atoms. The number of rotatable bonds is 4. The molecule has 3 aromatic heterocycles. The fourth-order valence-electron chi connectivity index (χ4n) is 2.71. The molecule has 9 heteroatoms. The number of aromatic amines is 1. The Morgan fingerprint density at radius 3 is 2.85 bits per heavy atom. The summed E-state index contributed by atoms with van der Waals surface area (Å²) in [5, 5.41) is 15.5. The minimum Gasteiger partial charge on any atom is -0.293 e. The highest BCUT2D eigenvalue weighted by molar-refractivity contribution is 7.98. The van der Waals surface area contributed by atoms with E-state index in [0.717, 1.165) is 10.6 Å². The lowest BCUT2D eigenvalue weighted by Crippen LogP contribution is -2.19. The molecule has 1 N–H and O–H groups in total. The number of H-pyrrole nitrogens is 1. The topological polar surface area (TPSA) is 93.2 Å². The third kappa shape index (κ3) is 3.17. The average molecular weight is 379 g/mol. The van der Waals surface area contributed by atoms with Crippen molar-refractivity contribution in [3.05, 3.63) is 63.8 Å².